The summed E-state index contributed by atoms with van der Waals surface area (Å²) >= 11 is 0. The van der Waals surface area contributed by atoms with Crippen molar-refractivity contribution >= 4 is 23.0 Å². The van der Waals surface area contributed by atoms with E-state index in [2.05, 4.69) is 25.3 Å². The van der Waals surface area contributed by atoms with E-state index in [1.54, 1.807) is 24.5 Å². The first-order valence-corrected chi connectivity index (χ1v) is 10.1. The third kappa shape index (κ3) is 4.09. The Bertz CT molecular complexity index is 1230. The molecule has 0 spiro atoms. The number of hydrogen-bond acceptors (Lipinski definition) is 6. The van der Waals surface area contributed by atoms with Gasteiger partial charge in [-0.1, -0.05) is 12.1 Å². The van der Waals surface area contributed by atoms with Crippen LogP contribution in [0.2, 0.25) is 0 Å². The van der Waals surface area contributed by atoms with E-state index in [4.69, 9.17) is 4.74 Å². The number of halogens is 3. The van der Waals surface area contributed by atoms with Gasteiger partial charge < -0.3 is 15.0 Å². The molecule has 0 bridgehead atoms. The zero-order chi connectivity index (χ0) is 22.1. The number of aromatic nitrogens is 4. The second kappa shape index (κ2) is 8.12. The number of fused-ring (bicyclic) bond motifs is 1. The van der Waals surface area contributed by atoms with Crippen molar-refractivity contribution in [3.05, 3.63) is 66.6 Å². The molecule has 0 saturated carbocycles. The van der Waals surface area contributed by atoms with E-state index in [9.17, 15) is 13.2 Å². The molecule has 7 nitrogen and oxygen atoms in total. The molecule has 0 atom stereocenters. The van der Waals surface area contributed by atoms with Gasteiger partial charge in [0.2, 0.25) is 0 Å². The van der Waals surface area contributed by atoms with Crippen LogP contribution >= 0.6 is 0 Å². The van der Waals surface area contributed by atoms with Crippen molar-refractivity contribution in [3.8, 4) is 11.1 Å². The Hall–Kier alpha value is -3.66. The minimum Gasteiger partial charge on any atom is -0.378 e. The van der Waals surface area contributed by atoms with E-state index in [1.807, 2.05) is 12.1 Å². The van der Waals surface area contributed by atoms with Crippen molar-refractivity contribution in [3.63, 3.8) is 0 Å². The molecular formula is C22H19F3N6O. The number of benzene rings is 1. The number of ether oxygens (including phenoxy) is 1. The molecule has 0 unspecified atom stereocenters. The van der Waals surface area contributed by atoms with Gasteiger partial charge in [-0.25, -0.2) is 14.5 Å². The Morgan fingerprint density at radius 1 is 1.00 bits per heavy atom. The van der Waals surface area contributed by atoms with Crippen molar-refractivity contribution < 1.29 is 17.9 Å². The number of nitrogens with zero attached hydrogens (tertiary/aromatic N) is 5. The van der Waals surface area contributed by atoms with E-state index < -0.39 is 11.7 Å². The average molecular weight is 440 g/mol. The second-order valence-corrected chi connectivity index (χ2v) is 7.35. The zero-order valence-corrected chi connectivity index (χ0v) is 16.9. The van der Waals surface area contributed by atoms with Crippen LogP contribution in [0.25, 0.3) is 16.8 Å². The van der Waals surface area contributed by atoms with Gasteiger partial charge in [0.1, 0.15) is 11.6 Å². The predicted octanol–water partition coefficient (Wildman–Crippen LogP) is 4.39. The summed E-state index contributed by atoms with van der Waals surface area (Å²) < 4.78 is 46.2. The topological polar surface area (TPSA) is 67.6 Å². The molecule has 1 aliphatic heterocycles. The second-order valence-electron chi connectivity index (χ2n) is 7.35. The number of rotatable bonds is 4. The maximum absolute atomic E-state index is 13.1. The van der Waals surface area contributed by atoms with E-state index in [0.717, 1.165) is 36.7 Å². The molecule has 5 rings (SSSR count). The van der Waals surface area contributed by atoms with Crippen LogP contribution in [0, 0.1) is 0 Å². The lowest BCUT2D eigenvalue weighted by molar-refractivity contribution is -0.137. The molecule has 4 heterocycles. The van der Waals surface area contributed by atoms with Gasteiger partial charge in [-0.2, -0.15) is 18.3 Å². The normalized spacial score (nSPS) is 14.7. The highest BCUT2D eigenvalue weighted by Crippen LogP contribution is 2.33. The average Bonchev–Trinajstić information content (AvgIpc) is 3.23. The van der Waals surface area contributed by atoms with Gasteiger partial charge in [-0.05, 0) is 35.9 Å². The molecule has 3 aromatic heterocycles. The Balaban J connectivity index is 1.40. The number of morpholine rings is 1. The number of hydrogen-bond donors (Lipinski definition) is 1. The summed E-state index contributed by atoms with van der Waals surface area (Å²) in [5.41, 5.74) is 1.40. The van der Waals surface area contributed by atoms with Gasteiger partial charge in [-0.15, -0.1) is 0 Å². The van der Waals surface area contributed by atoms with Gasteiger partial charge in [-0.3, -0.25) is 0 Å². The van der Waals surface area contributed by atoms with Crippen LogP contribution in [-0.2, 0) is 10.9 Å². The van der Waals surface area contributed by atoms with Gasteiger partial charge in [0.25, 0.3) is 0 Å². The van der Waals surface area contributed by atoms with E-state index in [-0.39, 0.29) is 0 Å². The molecule has 1 N–H and O–H groups in total. The highest BCUT2D eigenvalue weighted by atomic mass is 19.4. The first-order chi connectivity index (χ1) is 15.5. The lowest BCUT2D eigenvalue weighted by atomic mass is 10.1. The predicted molar refractivity (Wildman–Crippen MR) is 114 cm³/mol. The summed E-state index contributed by atoms with van der Waals surface area (Å²) in [5, 5.41) is 7.41. The van der Waals surface area contributed by atoms with Crippen molar-refractivity contribution in [1.82, 2.24) is 19.6 Å². The first-order valence-electron chi connectivity index (χ1n) is 10.1. The molecule has 4 aromatic rings. The summed E-state index contributed by atoms with van der Waals surface area (Å²) in [6, 6.07) is 10.7. The van der Waals surface area contributed by atoms with Gasteiger partial charge >= 0.3 is 6.18 Å². The molecule has 0 radical (unpaired) electrons. The van der Waals surface area contributed by atoms with E-state index in [0.29, 0.717) is 35.8 Å². The largest absolute Gasteiger partial charge is 0.416 e. The van der Waals surface area contributed by atoms with Crippen LogP contribution in [0.1, 0.15) is 5.56 Å². The van der Waals surface area contributed by atoms with Crippen LogP contribution < -0.4 is 10.2 Å². The molecular weight excluding hydrogens is 421 g/mol. The molecule has 0 aliphatic carbocycles. The number of anilines is 3. The van der Waals surface area contributed by atoms with Crippen LogP contribution in [-0.4, -0.2) is 45.9 Å². The van der Waals surface area contributed by atoms with Crippen LogP contribution in [0.5, 0.6) is 0 Å². The maximum atomic E-state index is 13.1. The third-order valence-electron chi connectivity index (χ3n) is 5.23. The number of pyridine rings is 1. The Kier molecular flexibility index (Phi) is 5.14. The number of nitrogens with one attached hydrogen (secondary N) is 1. The molecule has 10 heteroatoms. The maximum Gasteiger partial charge on any atom is 0.416 e. The summed E-state index contributed by atoms with van der Waals surface area (Å²) in [5.74, 6) is 1.41. The molecule has 0 amide bonds. The fourth-order valence-corrected chi connectivity index (χ4v) is 3.59. The van der Waals surface area contributed by atoms with Crippen LogP contribution in [0.15, 0.2) is 61.1 Å². The van der Waals surface area contributed by atoms with Gasteiger partial charge in [0.15, 0.2) is 5.65 Å². The third-order valence-corrected chi connectivity index (χ3v) is 5.23. The summed E-state index contributed by atoms with van der Waals surface area (Å²) in [6.07, 6.45) is 0.526. The van der Waals surface area contributed by atoms with E-state index >= 15 is 0 Å². The lowest BCUT2D eigenvalue weighted by Gasteiger charge is -2.27. The standard InChI is InChI=1S/C22H19F3N6O/c23-22(24,25)16-3-1-2-15(12-16)18-14-27-31-7-6-19(29-21(18)31)28-17-4-5-20(26-13-17)30-8-10-32-11-9-30/h1-7,12-14H,8-11H2,(H,28,29). The highest BCUT2D eigenvalue weighted by Gasteiger charge is 2.30. The number of alkyl halides is 3. The monoisotopic (exact) mass is 440 g/mol. The molecule has 1 aromatic carbocycles. The summed E-state index contributed by atoms with van der Waals surface area (Å²) in [7, 11) is 0. The fraction of sp³-hybridized carbons (Fsp3) is 0.227. The van der Waals surface area contributed by atoms with Crippen molar-refractivity contribution in [2.45, 2.75) is 6.18 Å². The lowest BCUT2D eigenvalue weighted by Crippen LogP contribution is -2.36. The summed E-state index contributed by atoms with van der Waals surface area (Å²) in [4.78, 5) is 11.2. The van der Waals surface area contributed by atoms with E-state index in [1.165, 1.54) is 16.8 Å². The quantitative estimate of drug-likeness (QED) is 0.508. The molecule has 1 fully saturated rings. The van der Waals surface area contributed by atoms with Gasteiger partial charge in [0, 0.05) is 24.8 Å². The zero-order valence-electron chi connectivity index (χ0n) is 16.9. The fourth-order valence-electron chi connectivity index (χ4n) is 3.59. The van der Waals surface area contributed by atoms with Crippen molar-refractivity contribution in [2.75, 3.05) is 36.5 Å². The van der Waals surface area contributed by atoms with Gasteiger partial charge in [0.05, 0.1) is 36.9 Å². The highest BCUT2D eigenvalue weighted by molar-refractivity contribution is 5.78. The minimum atomic E-state index is -4.42. The molecule has 164 valence electrons. The van der Waals surface area contributed by atoms with Crippen molar-refractivity contribution in [2.24, 2.45) is 0 Å². The Morgan fingerprint density at radius 2 is 1.84 bits per heavy atom. The Morgan fingerprint density at radius 3 is 2.59 bits per heavy atom. The smallest absolute Gasteiger partial charge is 0.378 e. The molecule has 1 saturated heterocycles. The molecule has 32 heavy (non-hydrogen) atoms. The Labute approximate surface area is 181 Å². The van der Waals surface area contributed by atoms with Crippen LogP contribution in [0.4, 0.5) is 30.5 Å². The SMILES string of the molecule is FC(F)(F)c1cccc(-c2cnn3ccc(Nc4ccc(N5CCOCC5)nc4)nc23)c1. The van der Waals surface area contributed by atoms with Crippen molar-refractivity contribution in [1.29, 1.82) is 0 Å². The first kappa shape index (κ1) is 20.3. The summed E-state index contributed by atoms with van der Waals surface area (Å²) in [6.45, 7) is 2.98. The minimum absolute atomic E-state index is 0.399. The molecule has 1 aliphatic rings. The van der Waals surface area contributed by atoms with Crippen LogP contribution in [0.3, 0.4) is 0 Å².